The molecule has 2 aliphatic rings. The van der Waals surface area contributed by atoms with E-state index in [1.807, 2.05) is 17.0 Å². The molecule has 0 N–H and O–H groups in total. The fraction of sp³-hybridized carbons (Fsp3) is 0.450. The number of nitrogens with zero attached hydrogens (tertiary/aromatic N) is 2. The van der Waals surface area contributed by atoms with Crippen LogP contribution in [-0.4, -0.2) is 61.7 Å². The lowest BCUT2D eigenvalue weighted by Crippen LogP contribution is -2.37. The number of furan rings is 1. The van der Waals surface area contributed by atoms with Gasteiger partial charge < -0.3 is 18.8 Å². The summed E-state index contributed by atoms with van der Waals surface area (Å²) in [6.45, 7) is 4.57. The van der Waals surface area contributed by atoms with Crippen molar-refractivity contribution in [2.24, 2.45) is 5.92 Å². The predicted octanol–water partition coefficient (Wildman–Crippen LogP) is 2.26. The normalized spacial score (nSPS) is 23.5. The first-order chi connectivity index (χ1) is 12.7. The maximum absolute atomic E-state index is 12.6. The van der Waals surface area contributed by atoms with E-state index in [0.29, 0.717) is 31.4 Å². The molecule has 0 aliphatic carbocycles. The third kappa shape index (κ3) is 3.61. The number of amides is 1. The topological polar surface area (TPSA) is 55.2 Å². The summed E-state index contributed by atoms with van der Waals surface area (Å²) in [5.74, 6) is 1.55. The van der Waals surface area contributed by atoms with E-state index in [2.05, 4.69) is 17.0 Å². The number of methoxy groups -OCH3 is 1. The lowest BCUT2D eigenvalue weighted by Gasteiger charge is -2.23. The predicted molar refractivity (Wildman–Crippen MR) is 96.1 cm³/mol. The molecule has 0 bridgehead atoms. The highest BCUT2D eigenvalue weighted by atomic mass is 16.5. The molecule has 0 saturated carbocycles. The number of likely N-dealkylation sites (tertiary alicyclic amines) is 1. The molecule has 2 aliphatic heterocycles. The van der Waals surface area contributed by atoms with E-state index in [-0.39, 0.29) is 12.0 Å². The highest BCUT2D eigenvalue weighted by Crippen LogP contribution is 2.26. The molecule has 26 heavy (non-hydrogen) atoms. The molecule has 6 nitrogen and oxygen atoms in total. The summed E-state index contributed by atoms with van der Waals surface area (Å²) in [4.78, 5) is 16.8. The maximum atomic E-state index is 12.6. The number of ether oxygens (including phenoxy) is 2. The minimum atomic E-state index is -0.0505. The van der Waals surface area contributed by atoms with Gasteiger partial charge in [-0.25, -0.2) is 0 Å². The second-order valence-corrected chi connectivity index (χ2v) is 6.94. The fourth-order valence-electron chi connectivity index (χ4n) is 3.88. The molecule has 2 aromatic rings. The number of fused-ring (bicyclic) bond motifs is 1. The SMILES string of the molecule is COc1cccc(CN2C[C@H]3CN(C(=O)c4ccco4)CCO[C@H]3C2)c1. The van der Waals surface area contributed by atoms with Crippen LogP contribution >= 0.6 is 0 Å². The molecule has 1 amide bonds. The number of carbonyl (C=O) groups excluding carboxylic acids is 1. The average Bonchev–Trinajstić information content (AvgIpc) is 3.27. The van der Waals surface area contributed by atoms with Crippen LogP contribution in [0.3, 0.4) is 0 Å². The number of hydrogen-bond donors (Lipinski definition) is 0. The van der Waals surface area contributed by atoms with Crippen LogP contribution in [0.4, 0.5) is 0 Å². The molecule has 0 radical (unpaired) electrons. The third-order valence-corrected chi connectivity index (χ3v) is 5.16. The van der Waals surface area contributed by atoms with E-state index in [1.54, 1.807) is 19.2 Å². The van der Waals surface area contributed by atoms with E-state index in [1.165, 1.54) is 11.8 Å². The summed E-state index contributed by atoms with van der Waals surface area (Å²) in [5.41, 5.74) is 1.23. The minimum Gasteiger partial charge on any atom is -0.497 e. The van der Waals surface area contributed by atoms with Crippen LogP contribution in [-0.2, 0) is 11.3 Å². The van der Waals surface area contributed by atoms with Crippen molar-refractivity contribution in [1.29, 1.82) is 0 Å². The molecule has 0 spiro atoms. The second kappa shape index (κ2) is 7.51. The second-order valence-electron chi connectivity index (χ2n) is 6.94. The Morgan fingerprint density at radius 1 is 1.23 bits per heavy atom. The van der Waals surface area contributed by atoms with Gasteiger partial charge in [0.1, 0.15) is 5.75 Å². The van der Waals surface area contributed by atoms with Crippen molar-refractivity contribution in [1.82, 2.24) is 9.80 Å². The van der Waals surface area contributed by atoms with E-state index in [0.717, 1.165) is 25.4 Å². The number of rotatable bonds is 4. The summed E-state index contributed by atoms with van der Waals surface area (Å²) >= 11 is 0. The van der Waals surface area contributed by atoms with Crippen LogP contribution < -0.4 is 4.74 Å². The maximum Gasteiger partial charge on any atom is 0.289 e. The van der Waals surface area contributed by atoms with Crippen LogP contribution in [0.25, 0.3) is 0 Å². The molecule has 1 aromatic heterocycles. The molecule has 2 saturated heterocycles. The van der Waals surface area contributed by atoms with Crippen molar-refractivity contribution in [2.75, 3.05) is 39.9 Å². The molecular weight excluding hydrogens is 332 g/mol. The molecule has 138 valence electrons. The molecule has 4 rings (SSSR count). The van der Waals surface area contributed by atoms with Crippen LogP contribution in [0.2, 0.25) is 0 Å². The monoisotopic (exact) mass is 356 g/mol. The summed E-state index contributed by atoms with van der Waals surface area (Å²) in [7, 11) is 1.69. The zero-order valence-electron chi connectivity index (χ0n) is 15.0. The summed E-state index contributed by atoms with van der Waals surface area (Å²) in [6.07, 6.45) is 1.71. The summed E-state index contributed by atoms with van der Waals surface area (Å²) in [6, 6.07) is 11.6. The Hall–Kier alpha value is -2.31. The summed E-state index contributed by atoms with van der Waals surface area (Å²) < 4.78 is 16.6. The molecule has 1 aromatic carbocycles. The van der Waals surface area contributed by atoms with Crippen molar-refractivity contribution in [3.05, 3.63) is 54.0 Å². The first-order valence-electron chi connectivity index (χ1n) is 9.02. The van der Waals surface area contributed by atoms with Gasteiger partial charge in [0.2, 0.25) is 0 Å². The molecule has 2 atom stereocenters. The van der Waals surface area contributed by atoms with Crippen molar-refractivity contribution < 1.29 is 18.7 Å². The Kier molecular flexibility index (Phi) is 4.95. The van der Waals surface area contributed by atoms with Gasteiger partial charge in [0, 0.05) is 38.6 Å². The van der Waals surface area contributed by atoms with Crippen molar-refractivity contribution >= 4 is 5.91 Å². The number of hydrogen-bond acceptors (Lipinski definition) is 5. The fourth-order valence-corrected chi connectivity index (χ4v) is 3.88. The first kappa shape index (κ1) is 17.1. The van der Waals surface area contributed by atoms with Gasteiger partial charge in [-0.1, -0.05) is 12.1 Å². The Morgan fingerprint density at radius 2 is 2.15 bits per heavy atom. The van der Waals surface area contributed by atoms with Crippen LogP contribution in [0.1, 0.15) is 16.1 Å². The van der Waals surface area contributed by atoms with Crippen LogP contribution in [0, 0.1) is 5.92 Å². The number of benzene rings is 1. The quantitative estimate of drug-likeness (QED) is 0.841. The lowest BCUT2D eigenvalue weighted by atomic mass is 10.1. The Bertz CT molecular complexity index is 746. The van der Waals surface area contributed by atoms with Gasteiger partial charge >= 0.3 is 0 Å². The van der Waals surface area contributed by atoms with Gasteiger partial charge in [0.25, 0.3) is 5.91 Å². The average molecular weight is 356 g/mol. The standard InChI is InChI=1S/C20H24N2O4/c1-24-17-5-2-4-15(10-17)11-21-12-16-13-22(7-9-26-19(16)14-21)20(23)18-6-3-8-25-18/h2-6,8,10,16,19H,7,9,11-14H2,1H3/t16-,19-/m0/s1. The molecular formula is C20H24N2O4. The largest absolute Gasteiger partial charge is 0.497 e. The lowest BCUT2D eigenvalue weighted by molar-refractivity contribution is 0.0498. The van der Waals surface area contributed by atoms with Gasteiger partial charge in [-0.3, -0.25) is 9.69 Å². The Balaban J connectivity index is 1.40. The Morgan fingerprint density at radius 3 is 2.96 bits per heavy atom. The highest BCUT2D eigenvalue weighted by molar-refractivity contribution is 5.91. The van der Waals surface area contributed by atoms with Gasteiger partial charge in [0.05, 0.1) is 26.1 Å². The van der Waals surface area contributed by atoms with E-state index >= 15 is 0 Å². The minimum absolute atomic E-state index is 0.0505. The van der Waals surface area contributed by atoms with E-state index in [9.17, 15) is 4.79 Å². The molecule has 2 fully saturated rings. The molecule has 6 heteroatoms. The zero-order valence-corrected chi connectivity index (χ0v) is 15.0. The molecule has 0 unspecified atom stereocenters. The molecule has 3 heterocycles. The van der Waals surface area contributed by atoms with Crippen molar-refractivity contribution in [2.45, 2.75) is 12.6 Å². The van der Waals surface area contributed by atoms with Crippen molar-refractivity contribution in [3.63, 3.8) is 0 Å². The van der Waals surface area contributed by atoms with E-state index < -0.39 is 0 Å². The van der Waals surface area contributed by atoms with Crippen LogP contribution in [0.5, 0.6) is 5.75 Å². The number of carbonyl (C=O) groups is 1. The highest BCUT2D eigenvalue weighted by Gasteiger charge is 2.38. The first-order valence-corrected chi connectivity index (χ1v) is 9.02. The van der Waals surface area contributed by atoms with Crippen molar-refractivity contribution in [3.8, 4) is 5.75 Å². The van der Waals surface area contributed by atoms with Gasteiger partial charge in [0.15, 0.2) is 5.76 Å². The smallest absolute Gasteiger partial charge is 0.289 e. The Labute approximate surface area is 153 Å². The van der Waals surface area contributed by atoms with Gasteiger partial charge in [-0.2, -0.15) is 0 Å². The van der Waals surface area contributed by atoms with Crippen LogP contribution in [0.15, 0.2) is 47.1 Å². The van der Waals surface area contributed by atoms with Gasteiger partial charge in [-0.15, -0.1) is 0 Å². The van der Waals surface area contributed by atoms with Gasteiger partial charge in [-0.05, 0) is 29.8 Å². The summed E-state index contributed by atoms with van der Waals surface area (Å²) in [5, 5.41) is 0. The zero-order chi connectivity index (χ0) is 17.9. The van der Waals surface area contributed by atoms with E-state index in [4.69, 9.17) is 13.9 Å². The third-order valence-electron chi connectivity index (χ3n) is 5.16.